The van der Waals surface area contributed by atoms with E-state index in [9.17, 15) is 9.59 Å². The number of carbonyl (C=O) groups is 2. The highest BCUT2D eigenvalue weighted by atomic mass is 16.4. The van der Waals surface area contributed by atoms with E-state index in [0.29, 0.717) is 5.56 Å². The lowest BCUT2D eigenvalue weighted by Crippen LogP contribution is -2.26. The number of hydrogen-bond acceptors (Lipinski definition) is 3. The van der Waals surface area contributed by atoms with Gasteiger partial charge in [-0.1, -0.05) is 6.07 Å². The molecule has 0 atom stereocenters. The van der Waals surface area contributed by atoms with Crippen LogP contribution in [0.3, 0.4) is 0 Å². The van der Waals surface area contributed by atoms with Gasteiger partial charge in [-0.05, 0) is 31.2 Å². The topological polar surface area (TPSA) is 84.2 Å². The molecule has 0 saturated carbocycles. The van der Waals surface area contributed by atoms with Crippen molar-refractivity contribution in [2.24, 2.45) is 0 Å². The van der Waals surface area contributed by atoms with E-state index in [4.69, 9.17) is 5.11 Å². The number of rotatable bonds is 5. The van der Waals surface area contributed by atoms with Crippen molar-refractivity contribution in [2.75, 3.05) is 6.54 Å². The monoisotopic (exact) mass is 273 g/mol. The smallest absolute Gasteiger partial charge is 0.305 e. The highest BCUT2D eigenvalue weighted by molar-refractivity contribution is 5.94. The maximum absolute atomic E-state index is 11.9. The third-order valence-corrected chi connectivity index (χ3v) is 2.72. The molecule has 2 rings (SSSR count). The number of nitrogens with zero attached hydrogens (tertiary/aromatic N) is 2. The Morgan fingerprint density at radius 1 is 1.35 bits per heavy atom. The van der Waals surface area contributed by atoms with Crippen LogP contribution in [0.1, 0.15) is 22.5 Å². The molecule has 0 unspecified atom stereocenters. The van der Waals surface area contributed by atoms with Crippen molar-refractivity contribution in [3.8, 4) is 5.69 Å². The van der Waals surface area contributed by atoms with E-state index in [1.54, 1.807) is 22.9 Å². The van der Waals surface area contributed by atoms with Crippen molar-refractivity contribution in [1.29, 1.82) is 0 Å². The number of amides is 1. The van der Waals surface area contributed by atoms with E-state index in [1.165, 1.54) is 0 Å². The van der Waals surface area contributed by atoms with Gasteiger partial charge in [-0.25, -0.2) is 4.68 Å². The predicted octanol–water partition coefficient (Wildman–Crippen LogP) is 1.39. The van der Waals surface area contributed by atoms with Crippen molar-refractivity contribution in [2.45, 2.75) is 13.3 Å². The summed E-state index contributed by atoms with van der Waals surface area (Å²) in [6.45, 7) is 2.00. The SMILES string of the molecule is Cc1ccn(-c2cccc(C(=O)NCCC(=O)O)c2)n1. The van der Waals surface area contributed by atoms with Crippen LogP contribution in [0.2, 0.25) is 0 Å². The minimum absolute atomic E-state index is 0.0935. The molecule has 0 bridgehead atoms. The molecule has 104 valence electrons. The number of aliphatic carboxylic acids is 1. The third-order valence-electron chi connectivity index (χ3n) is 2.72. The van der Waals surface area contributed by atoms with E-state index in [2.05, 4.69) is 10.4 Å². The second kappa shape index (κ2) is 6.01. The number of aryl methyl sites for hydroxylation is 1. The summed E-state index contributed by atoms with van der Waals surface area (Å²) in [4.78, 5) is 22.3. The molecule has 0 saturated heterocycles. The number of carboxylic acids is 1. The molecular weight excluding hydrogens is 258 g/mol. The largest absolute Gasteiger partial charge is 0.481 e. The van der Waals surface area contributed by atoms with Crippen LogP contribution < -0.4 is 5.32 Å². The molecule has 0 aliphatic rings. The molecule has 0 radical (unpaired) electrons. The van der Waals surface area contributed by atoms with Crippen LogP contribution in [0, 0.1) is 6.92 Å². The Morgan fingerprint density at radius 2 is 2.15 bits per heavy atom. The molecule has 6 nitrogen and oxygen atoms in total. The lowest BCUT2D eigenvalue weighted by Gasteiger charge is -2.06. The van der Waals surface area contributed by atoms with Gasteiger partial charge in [0.25, 0.3) is 5.91 Å². The molecule has 1 amide bonds. The van der Waals surface area contributed by atoms with Crippen molar-refractivity contribution in [3.63, 3.8) is 0 Å². The number of benzene rings is 1. The summed E-state index contributed by atoms with van der Waals surface area (Å²) in [6, 6.07) is 8.87. The minimum atomic E-state index is -0.939. The highest BCUT2D eigenvalue weighted by Crippen LogP contribution is 2.10. The summed E-state index contributed by atoms with van der Waals surface area (Å²) >= 11 is 0. The molecule has 6 heteroatoms. The predicted molar refractivity (Wildman–Crippen MR) is 72.9 cm³/mol. The number of carbonyl (C=O) groups excluding carboxylic acids is 1. The Kier molecular flexibility index (Phi) is 4.14. The number of nitrogens with one attached hydrogen (secondary N) is 1. The van der Waals surface area contributed by atoms with Gasteiger partial charge in [0, 0.05) is 18.3 Å². The third kappa shape index (κ3) is 3.44. The normalized spacial score (nSPS) is 10.2. The van der Waals surface area contributed by atoms with Gasteiger partial charge in [0.2, 0.25) is 0 Å². The van der Waals surface area contributed by atoms with Gasteiger partial charge in [-0.3, -0.25) is 9.59 Å². The molecule has 0 fully saturated rings. The maximum atomic E-state index is 11.9. The first kappa shape index (κ1) is 13.8. The molecule has 1 heterocycles. The average Bonchev–Trinajstić information content (AvgIpc) is 2.85. The average molecular weight is 273 g/mol. The fourth-order valence-corrected chi connectivity index (χ4v) is 1.73. The fraction of sp³-hybridized carbons (Fsp3) is 0.214. The second-order valence-corrected chi connectivity index (χ2v) is 4.35. The first-order valence-electron chi connectivity index (χ1n) is 6.19. The molecule has 20 heavy (non-hydrogen) atoms. The van der Waals surface area contributed by atoms with Crippen LogP contribution in [0.25, 0.3) is 5.69 Å². The van der Waals surface area contributed by atoms with Gasteiger partial charge >= 0.3 is 5.97 Å². The molecule has 1 aromatic carbocycles. The van der Waals surface area contributed by atoms with Crippen molar-refractivity contribution >= 4 is 11.9 Å². The van der Waals surface area contributed by atoms with Crippen molar-refractivity contribution < 1.29 is 14.7 Å². The molecule has 1 aromatic heterocycles. The van der Waals surface area contributed by atoms with Gasteiger partial charge in [-0.15, -0.1) is 0 Å². The molecule has 0 aliphatic heterocycles. The van der Waals surface area contributed by atoms with Crippen molar-refractivity contribution in [1.82, 2.24) is 15.1 Å². The lowest BCUT2D eigenvalue weighted by molar-refractivity contribution is -0.136. The zero-order chi connectivity index (χ0) is 14.5. The first-order chi connectivity index (χ1) is 9.56. The highest BCUT2D eigenvalue weighted by Gasteiger charge is 2.07. The molecule has 0 aliphatic carbocycles. The van der Waals surface area contributed by atoms with Gasteiger partial charge in [-0.2, -0.15) is 5.10 Å². The van der Waals surface area contributed by atoms with Crippen LogP contribution in [0.5, 0.6) is 0 Å². The summed E-state index contributed by atoms with van der Waals surface area (Å²) in [5.41, 5.74) is 2.14. The summed E-state index contributed by atoms with van der Waals surface area (Å²) in [5.74, 6) is -1.23. The van der Waals surface area contributed by atoms with Gasteiger partial charge < -0.3 is 10.4 Å². The zero-order valence-corrected chi connectivity index (χ0v) is 11.0. The summed E-state index contributed by atoms with van der Waals surface area (Å²) in [5, 5.41) is 15.4. The molecule has 2 aromatic rings. The van der Waals surface area contributed by atoms with E-state index in [0.717, 1.165) is 11.4 Å². The van der Waals surface area contributed by atoms with E-state index in [-0.39, 0.29) is 18.9 Å². The Labute approximate surface area is 116 Å². The van der Waals surface area contributed by atoms with Crippen LogP contribution in [-0.2, 0) is 4.79 Å². The second-order valence-electron chi connectivity index (χ2n) is 4.35. The summed E-state index contributed by atoms with van der Waals surface area (Å²) < 4.78 is 1.68. The van der Waals surface area contributed by atoms with E-state index >= 15 is 0 Å². The molecular formula is C14H15N3O3. The first-order valence-corrected chi connectivity index (χ1v) is 6.19. The Balaban J connectivity index is 2.09. The Hall–Kier alpha value is -2.63. The standard InChI is InChI=1S/C14H15N3O3/c1-10-6-8-17(16-10)12-4-2-3-11(9-12)14(20)15-7-5-13(18)19/h2-4,6,8-9H,5,7H2,1H3,(H,15,20)(H,18,19). The fourth-order valence-electron chi connectivity index (χ4n) is 1.73. The molecule has 2 N–H and O–H groups in total. The van der Waals surface area contributed by atoms with Crippen LogP contribution in [-0.4, -0.2) is 33.3 Å². The number of carboxylic acid groups (broad SMARTS) is 1. The van der Waals surface area contributed by atoms with E-state index < -0.39 is 5.97 Å². The minimum Gasteiger partial charge on any atom is -0.481 e. The Bertz CT molecular complexity index is 634. The maximum Gasteiger partial charge on any atom is 0.305 e. The number of hydrogen-bond donors (Lipinski definition) is 2. The van der Waals surface area contributed by atoms with Crippen LogP contribution >= 0.6 is 0 Å². The van der Waals surface area contributed by atoms with Gasteiger partial charge in [0.1, 0.15) is 0 Å². The number of aromatic nitrogens is 2. The van der Waals surface area contributed by atoms with Gasteiger partial charge in [0.15, 0.2) is 0 Å². The Morgan fingerprint density at radius 3 is 2.80 bits per heavy atom. The van der Waals surface area contributed by atoms with Gasteiger partial charge in [0.05, 0.1) is 17.8 Å². The zero-order valence-electron chi connectivity index (χ0n) is 11.0. The van der Waals surface area contributed by atoms with Crippen molar-refractivity contribution in [3.05, 3.63) is 47.8 Å². The lowest BCUT2D eigenvalue weighted by atomic mass is 10.2. The van der Waals surface area contributed by atoms with Crippen LogP contribution in [0.4, 0.5) is 0 Å². The van der Waals surface area contributed by atoms with Crippen LogP contribution in [0.15, 0.2) is 36.5 Å². The summed E-state index contributed by atoms with van der Waals surface area (Å²) in [6.07, 6.45) is 1.72. The molecule has 0 spiro atoms. The summed E-state index contributed by atoms with van der Waals surface area (Å²) in [7, 11) is 0. The van der Waals surface area contributed by atoms with E-state index in [1.807, 2.05) is 25.3 Å². The quantitative estimate of drug-likeness (QED) is 0.862.